The number of fused-ring (bicyclic) bond motifs is 1. The van der Waals surface area contributed by atoms with E-state index in [0.717, 1.165) is 10.8 Å². The van der Waals surface area contributed by atoms with Crippen molar-refractivity contribution in [3.8, 4) is 5.75 Å². The molecule has 0 aliphatic rings. The molecule has 0 fully saturated rings. The maximum Gasteiger partial charge on any atom is 0.412 e. The van der Waals surface area contributed by atoms with Crippen LogP contribution in [0, 0.1) is 0 Å². The molecular formula is C17H21NO4. The first-order valence-corrected chi connectivity index (χ1v) is 7.04. The van der Waals surface area contributed by atoms with E-state index in [-0.39, 0.29) is 6.61 Å². The second-order valence-corrected chi connectivity index (χ2v) is 6.02. The van der Waals surface area contributed by atoms with Crippen LogP contribution in [0.4, 0.5) is 10.5 Å². The summed E-state index contributed by atoms with van der Waals surface area (Å²) in [6.45, 7) is 5.30. The normalized spacial score (nSPS) is 11.3. The smallest absolute Gasteiger partial charge is 0.412 e. The number of carbonyl (C=O) groups is 1. The van der Waals surface area contributed by atoms with Crippen LogP contribution in [-0.2, 0) is 11.3 Å². The van der Waals surface area contributed by atoms with Crippen molar-refractivity contribution in [1.82, 2.24) is 0 Å². The number of methoxy groups -OCH3 is 1. The summed E-state index contributed by atoms with van der Waals surface area (Å²) >= 11 is 0. The van der Waals surface area contributed by atoms with Gasteiger partial charge in [-0.15, -0.1) is 0 Å². The highest BCUT2D eigenvalue weighted by molar-refractivity contribution is 6.01. The first kappa shape index (κ1) is 16.1. The lowest BCUT2D eigenvalue weighted by Crippen LogP contribution is -2.27. The molecule has 22 heavy (non-hydrogen) atoms. The van der Waals surface area contributed by atoms with E-state index in [4.69, 9.17) is 9.47 Å². The van der Waals surface area contributed by atoms with Gasteiger partial charge >= 0.3 is 6.09 Å². The monoisotopic (exact) mass is 303 g/mol. The first-order valence-electron chi connectivity index (χ1n) is 7.04. The Morgan fingerprint density at radius 1 is 1.23 bits per heavy atom. The largest absolute Gasteiger partial charge is 0.497 e. The van der Waals surface area contributed by atoms with Crippen molar-refractivity contribution < 1.29 is 19.4 Å². The first-order chi connectivity index (χ1) is 10.3. The third-order valence-electron chi connectivity index (χ3n) is 3.04. The van der Waals surface area contributed by atoms with Crippen LogP contribution in [0.5, 0.6) is 5.75 Å². The van der Waals surface area contributed by atoms with Crippen LogP contribution in [0.25, 0.3) is 10.8 Å². The molecule has 2 aromatic rings. The molecule has 5 nitrogen and oxygen atoms in total. The Bertz CT molecular complexity index is 689. The maximum atomic E-state index is 12.0. The molecule has 2 rings (SSSR count). The minimum atomic E-state index is -0.577. The van der Waals surface area contributed by atoms with Crippen LogP contribution in [0.2, 0.25) is 0 Å². The van der Waals surface area contributed by atoms with Crippen molar-refractivity contribution in [2.24, 2.45) is 0 Å². The van der Waals surface area contributed by atoms with E-state index in [1.165, 1.54) is 0 Å². The average molecular weight is 303 g/mol. The predicted molar refractivity (Wildman–Crippen MR) is 86.3 cm³/mol. The summed E-state index contributed by atoms with van der Waals surface area (Å²) in [4.78, 5) is 12.0. The number of nitrogens with one attached hydrogen (secondary N) is 1. The summed E-state index contributed by atoms with van der Waals surface area (Å²) in [5.41, 5.74) is 0.713. The molecule has 0 atom stereocenters. The van der Waals surface area contributed by atoms with Gasteiger partial charge in [0.1, 0.15) is 11.4 Å². The highest BCUT2D eigenvalue weighted by atomic mass is 16.6. The maximum absolute atomic E-state index is 12.0. The number of amides is 1. The Hall–Kier alpha value is -2.27. The number of benzene rings is 2. The Labute approximate surface area is 129 Å². The number of aliphatic hydroxyl groups is 1. The van der Waals surface area contributed by atoms with Crippen molar-refractivity contribution in [1.29, 1.82) is 0 Å². The molecule has 0 aromatic heterocycles. The number of hydrogen-bond donors (Lipinski definition) is 2. The van der Waals surface area contributed by atoms with Crippen molar-refractivity contribution in [2.75, 3.05) is 12.4 Å². The van der Waals surface area contributed by atoms with Gasteiger partial charge in [0.15, 0.2) is 0 Å². The summed E-state index contributed by atoms with van der Waals surface area (Å²) < 4.78 is 10.5. The number of ether oxygens (including phenoxy) is 2. The quantitative estimate of drug-likeness (QED) is 0.907. The number of carbonyl (C=O) groups excluding carboxylic acids is 1. The van der Waals surface area contributed by atoms with E-state index in [9.17, 15) is 9.90 Å². The highest BCUT2D eigenvalue weighted by Gasteiger charge is 2.17. The molecule has 1 amide bonds. The van der Waals surface area contributed by atoms with Crippen LogP contribution in [0.15, 0.2) is 30.3 Å². The molecule has 118 valence electrons. The van der Waals surface area contributed by atoms with Crippen LogP contribution >= 0.6 is 0 Å². The van der Waals surface area contributed by atoms with E-state index >= 15 is 0 Å². The van der Waals surface area contributed by atoms with E-state index in [1.807, 2.05) is 24.3 Å². The lowest BCUT2D eigenvalue weighted by Gasteiger charge is -2.20. The van der Waals surface area contributed by atoms with E-state index in [1.54, 1.807) is 33.9 Å². The molecule has 0 unspecified atom stereocenters. The molecule has 0 radical (unpaired) electrons. The van der Waals surface area contributed by atoms with Crippen molar-refractivity contribution >= 4 is 22.6 Å². The Kier molecular flexibility index (Phi) is 4.56. The van der Waals surface area contributed by atoms with Gasteiger partial charge in [0.2, 0.25) is 0 Å². The third-order valence-corrected chi connectivity index (χ3v) is 3.04. The molecule has 0 spiro atoms. The molecule has 5 heteroatoms. The van der Waals surface area contributed by atoms with Gasteiger partial charge in [0, 0.05) is 5.39 Å². The zero-order valence-electron chi connectivity index (χ0n) is 13.3. The lowest BCUT2D eigenvalue weighted by atomic mass is 10.0. The van der Waals surface area contributed by atoms with Gasteiger partial charge in [-0.3, -0.25) is 5.32 Å². The molecule has 0 saturated heterocycles. The van der Waals surface area contributed by atoms with Gasteiger partial charge in [0.05, 0.1) is 19.4 Å². The molecule has 0 aliphatic heterocycles. The molecule has 0 bridgehead atoms. The van der Waals surface area contributed by atoms with Gasteiger partial charge in [-0.1, -0.05) is 6.07 Å². The van der Waals surface area contributed by atoms with Crippen LogP contribution in [0.1, 0.15) is 26.3 Å². The minimum Gasteiger partial charge on any atom is -0.497 e. The predicted octanol–water partition coefficient (Wildman–Crippen LogP) is 3.69. The Morgan fingerprint density at radius 2 is 1.95 bits per heavy atom. The lowest BCUT2D eigenvalue weighted by molar-refractivity contribution is 0.0636. The van der Waals surface area contributed by atoms with Crippen molar-refractivity contribution in [3.63, 3.8) is 0 Å². The van der Waals surface area contributed by atoms with Crippen LogP contribution < -0.4 is 10.1 Å². The van der Waals surface area contributed by atoms with E-state index in [2.05, 4.69) is 5.32 Å². The molecular weight excluding hydrogens is 282 g/mol. The molecule has 2 N–H and O–H groups in total. The molecule has 0 heterocycles. The fraction of sp³-hybridized carbons (Fsp3) is 0.353. The number of hydrogen-bond acceptors (Lipinski definition) is 4. The van der Waals surface area contributed by atoms with Gasteiger partial charge in [-0.2, -0.15) is 0 Å². The van der Waals surface area contributed by atoms with Gasteiger partial charge in [-0.05, 0) is 56.0 Å². The van der Waals surface area contributed by atoms with Crippen molar-refractivity contribution in [2.45, 2.75) is 33.0 Å². The number of anilines is 1. The van der Waals surface area contributed by atoms with Crippen molar-refractivity contribution in [3.05, 3.63) is 35.9 Å². The minimum absolute atomic E-state index is 0.106. The van der Waals surface area contributed by atoms with E-state index < -0.39 is 11.7 Å². The summed E-state index contributed by atoms with van der Waals surface area (Å²) in [6.07, 6.45) is -0.535. The highest BCUT2D eigenvalue weighted by Crippen LogP contribution is 2.29. The second kappa shape index (κ2) is 6.23. The number of aliphatic hydroxyl groups excluding tert-OH is 1. The second-order valence-electron chi connectivity index (χ2n) is 6.02. The van der Waals surface area contributed by atoms with E-state index in [0.29, 0.717) is 17.0 Å². The molecule has 2 aromatic carbocycles. The fourth-order valence-corrected chi connectivity index (χ4v) is 2.13. The van der Waals surface area contributed by atoms with Gasteiger partial charge in [0.25, 0.3) is 0 Å². The zero-order chi connectivity index (χ0) is 16.3. The summed E-state index contributed by atoms with van der Waals surface area (Å²) in [5, 5.41) is 13.8. The fourth-order valence-electron chi connectivity index (χ4n) is 2.13. The van der Waals surface area contributed by atoms with Crippen LogP contribution in [-0.4, -0.2) is 23.9 Å². The Balaban J connectivity index is 2.43. The molecule has 0 aliphatic carbocycles. The van der Waals surface area contributed by atoms with Gasteiger partial charge < -0.3 is 14.6 Å². The molecule has 0 saturated carbocycles. The average Bonchev–Trinajstić information content (AvgIpc) is 2.44. The zero-order valence-corrected chi connectivity index (χ0v) is 13.3. The summed E-state index contributed by atoms with van der Waals surface area (Å²) in [7, 11) is 1.59. The van der Waals surface area contributed by atoms with Gasteiger partial charge in [-0.25, -0.2) is 4.79 Å². The topological polar surface area (TPSA) is 67.8 Å². The number of rotatable bonds is 3. The van der Waals surface area contributed by atoms with Crippen LogP contribution in [0.3, 0.4) is 0 Å². The third kappa shape index (κ3) is 3.89. The Morgan fingerprint density at radius 3 is 2.55 bits per heavy atom. The summed E-state index contributed by atoms with van der Waals surface area (Å²) in [6, 6.07) is 9.15. The summed E-state index contributed by atoms with van der Waals surface area (Å²) in [5.74, 6) is 0.691. The SMILES string of the molecule is COc1ccc2cc(CO)cc(NC(=O)OC(C)(C)C)c2c1. The standard InChI is InChI=1S/C17H21NO4/c1-17(2,3)22-16(20)18-15-8-11(10-19)7-12-5-6-13(21-4)9-14(12)15/h5-9,19H,10H2,1-4H3,(H,18,20).